The zero-order valence-corrected chi connectivity index (χ0v) is 9.82. The van der Waals surface area contributed by atoms with Crippen molar-refractivity contribution in [2.45, 2.75) is 32.1 Å². The zero-order valence-electron chi connectivity index (χ0n) is 9.82. The van der Waals surface area contributed by atoms with Crippen molar-refractivity contribution in [2.75, 3.05) is 13.1 Å². The molecule has 3 N–H and O–H groups in total. The fraction of sp³-hybridized carbons (Fsp3) is 0.769. The maximum atomic E-state index is 11.9. The van der Waals surface area contributed by atoms with Crippen LogP contribution in [0.5, 0.6) is 0 Å². The average Bonchev–Trinajstić information content (AvgIpc) is 2.90. The third-order valence-electron chi connectivity index (χ3n) is 3.80. The molecule has 2 aliphatic rings. The SMILES string of the molecule is NCCCCCNC(=O)C1CC2C=CC1C2. The highest BCUT2D eigenvalue weighted by molar-refractivity contribution is 5.79. The summed E-state index contributed by atoms with van der Waals surface area (Å²) in [7, 11) is 0. The molecule has 0 aliphatic heterocycles. The van der Waals surface area contributed by atoms with Gasteiger partial charge in [0.05, 0.1) is 0 Å². The second-order valence-electron chi connectivity index (χ2n) is 5.03. The van der Waals surface area contributed by atoms with E-state index in [9.17, 15) is 4.79 Å². The highest BCUT2D eigenvalue weighted by atomic mass is 16.1. The first-order valence-corrected chi connectivity index (χ1v) is 6.47. The maximum Gasteiger partial charge on any atom is 0.223 e. The third kappa shape index (κ3) is 2.64. The summed E-state index contributed by atoms with van der Waals surface area (Å²) in [5.74, 6) is 1.72. The van der Waals surface area contributed by atoms with E-state index in [-0.39, 0.29) is 11.8 Å². The standard InChI is InChI=1S/C13H22N2O/c14-6-2-1-3-7-15-13(16)12-9-10-4-5-11(12)8-10/h4-5,10-12H,1-3,6-9,14H2,(H,15,16). The van der Waals surface area contributed by atoms with Gasteiger partial charge in [-0.1, -0.05) is 18.6 Å². The Labute approximate surface area is 97.5 Å². The van der Waals surface area contributed by atoms with Crippen molar-refractivity contribution in [2.24, 2.45) is 23.5 Å². The van der Waals surface area contributed by atoms with Gasteiger partial charge >= 0.3 is 0 Å². The second-order valence-corrected chi connectivity index (χ2v) is 5.03. The van der Waals surface area contributed by atoms with Gasteiger partial charge in [0.15, 0.2) is 0 Å². The summed E-state index contributed by atoms with van der Waals surface area (Å²) in [5, 5.41) is 3.05. The van der Waals surface area contributed by atoms with Crippen molar-refractivity contribution in [3.05, 3.63) is 12.2 Å². The minimum absolute atomic E-state index is 0.254. The van der Waals surface area contributed by atoms with Crippen LogP contribution >= 0.6 is 0 Å². The number of carbonyl (C=O) groups is 1. The van der Waals surface area contributed by atoms with Crippen LogP contribution in [-0.4, -0.2) is 19.0 Å². The van der Waals surface area contributed by atoms with E-state index in [1.807, 2.05) is 0 Å². The number of fused-ring (bicyclic) bond motifs is 2. The molecule has 0 spiro atoms. The molecular formula is C13H22N2O. The maximum absolute atomic E-state index is 11.9. The number of carbonyl (C=O) groups excluding carboxylic acids is 1. The third-order valence-corrected chi connectivity index (χ3v) is 3.80. The molecule has 2 bridgehead atoms. The van der Waals surface area contributed by atoms with Crippen molar-refractivity contribution in [1.82, 2.24) is 5.32 Å². The fourth-order valence-corrected chi connectivity index (χ4v) is 2.87. The predicted molar refractivity (Wildman–Crippen MR) is 64.8 cm³/mol. The van der Waals surface area contributed by atoms with Gasteiger partial charge in [-0.25, -0.2) is 0 Å². The quantitative estimate of drug-likeness (QED) is 0.528. The zero-order chi connectivity index (χ0) is 11.4. The van der Waals surface area contributed by atoms with Gasteiger partial charge in [-0.05, 0) is 44.1 Å². The molecule has 2 rings (SSSR count). The van der Waals surface area contributed by atoms with Gasteiger partial charge in [-0.2, -0.15) is 0 Å². The highest BCUT2D eigenvalue weighted by Crippen LogP contribution is 2.43. The number of amides is 1. The van der Waals surface area contributed by atoms with Gasteiger partial charge in [0, 0.05) is 12.5 Å². The van der Waals surface area contributed by atoms with Crippen LogP contribution in [0.15, 0.2) is 12.2 Å². The molecule has 1 fully saturated rings. The Morgan fingerprint density at radius 3 is 2.75 bits per heavy atom. The summed E-state index contributed by atoms with van der Waals surface area (Å²) in [6.07, 6.45) is 10.0. The fourth-order valence-electron chi connectivity index (χ4n) is 2.87. The lowest BCUT2D eigenvalue weighted by atomic mass is 9.93. The highest BCUT2D eigenvalue weighted by Gasteiger charge is 2.39. The van der Waals surface area contributed by atoms with E-state index in [1.54, 1.807) is 0 Å². The van der Waals surface area contributed by atoms with Crippen LogP contribution in [0.4, 0.5) is 0 Å². The smallest absolute Gasteiger partial charge is 0.223 e. The monoisotopic (exact) mass is 222 g/mol. The van der Waals surface area contributed by atoms with E-state index >= 15 is 0 Å². The number of nitrogens with two attached hydrogens (primary N) is 1. The van der Waals surface area contributed by atoms with Gasteiger partial charge in [0.2, 0.25) is 5.91 Å². The molecule has 0 saturated heterocycles. The molecule has 3 unspecified atom stereocenters. The lowest BCUT2D eigenvalue weighted by molar-refractivity contribution is -0.125. The van der Waals surface area contributed by atoms with Crippen LogP contribution in [-0.2, 0) is 4.79 Å². The number of hydrogen-bond donors (Lipinski definition) is 2. The van der Waals surface area contributed by atoms with Gasteiger partial charge in [-0.15, -0.1) is 0 Å². The molecule has 3 heteroatoms. The summed E-state index contributed by atoms with van der Waals surface area (Å²) in [6, 6.07) is 0. The molecule has 0 radical (unpaired) electrons. The Kier molecular flexibility index (Phi) is 3.99. The van der Waals surface area contributed by atoms with E-state index in [0.717, 1.165) is 38.8 Å². The van der Waals surface area contributed by atoms with E-state index in [2.05, 4.69) is 17.5 Å². The topological polar surface area (TPSA) is 55.1 Å². The van der Waals surface area contributed by atoms with Crippen molar-refractivity contribution in [1.29, 1.82) is 0 Å². The molecule has 1 amide bonds. The summed E-state index contributed by atoms with van der Waals surface area (Å²) in [5.41, 5.74) is 5.42. The number of unbranched alkanes of at least 4 members (excludes halogenated alkanes) is 2. The molecular weight excluding hydrogens is 200 g/mol. The molecule has 0 aromatic carbocycles. The molecule has 90 valence electrons. The first-order chi connectivity index (χ1) is 7.81. The molecule has 3 atom stereocenters. The minimum atomic E-state index is 0.254. The second kappa shape index (κ2) is 5.48. The number of nitrogens with one attached hydrogen (secondary N) is 1. The number of rotatable bonds is 6. The molecule has 1 saturated carbocycles. The Balaban J connectivity index is 1.63. The van der Waals surface area contributed by atoms with Crippen molar-refractivity contribution in [3.8, 4) is 0 Å². The van der Waals surface area contributed by atoms with Gasteiger partial charge in [0.1, 0.15) is 0 Å². The largest absolute Gasteiger partial charge is 0.356 e. The van der Waals surface area contributed by atoms with Crippen LogP contribution in [0, 0.1) is 17.8 Å². The van der Waals surface area contributed by atoms with Crippen LogP contribution < -0.4 is 11.1 Å². The predicted octanol–water partition coefficient (Wildman–Crippen LogP) is 1.44. The van der Waals surface area contributed by atoms with E-state index < -0.39 is 0 Å². The van der Waals surface area contributed by atoms with Crippen molar-refractivity contribution >= 4 is 5.91 Å². The van der Waals surface area contributed by atoms with Crippen LogP contribution in [0.3, 0.4) is 0 Å². The molecule has 0 aromatic heterocycles. The van der Waals surface area contributed by atoms with E-state index in [4.69, 9.17) is 5.73 Å². The first-order valence-electron chi connectivity index (χ1n) is 6.47. The summed E-state index contributed by atoms with van der Waals surface area (Å²) < 4.78 is 0. The molecule has 3 nitrogen and oxygen atoms in total. The summed E-state index contributed by atoms with van der Waals surface area (Å²) in [4.78, 5) is 11.9. The van der Waals surface area contributed by atoms with E-state index in [1.165, 1.54) is 6.42 Å². The van der Waals surface area contributed by atoms with Crippen LogP contribution in [0.2, 0.25) is 0 Å². The van der Waals surface area contributed by atoms with Crippen LogP contribution in [0.1, 0.15) is 32.1 Å². The number of hydrogen-bond acceptors (Lipinski definition) is 2. The van der Waals surface area contributed by atoms with E-state index in [0.29, 0.717) is 11.8 Å². The van der Waals surface area contributed by atoms with Crippen LogP contribution in [0.25, 0.3) is 0 Å². The normalized spacial score (nSPS) is 30.9. The molecule has 2 aliphatic carbocycles. The Hall–Kier alpha value is -0.830. The Bertz CT molecular complexity index is 275. The molecule has 0 heterocycles. The lowest BCUT2D eigenvalue weighted by Crippen LogP contribution is -2.33. The molecule has 16 heavy (non-hydrogen) atoms. The lowest BCUT2D eigenvalue weighted by Gasteiger charge is -2.17. The molecule has 0 aromatic rings. The van der Waals surface area contributed by atoms with Crippen molar-refractivity contribution in [3.63, 3.8) is 0 Å². The first kappa shape index (κ1) is 11.6. The average molecular weight is 222 g/mol. The van der Waals surface area contributed by atoms with Gasteiger partial charge < -0.3 is 11.1 Å². The number of allylic oxidation sites excluding steroid dienone is 2. The van der Waals surface area contributed by atoms with Gasteiger partial charge in [-0.3, -0.25) is 4.79 Å². The minimum Gasteiger partial charge on any atom is -0.356 e. The summed E-state index contributed by atoms with van der Waals surface area (Å²) in [6.45, 7) is 1.57. The van der Waals surface area contributed by atoms with Gasteiger partial charge in [0.25, 0.3) is 0 Å². The Morgan fingerprint density at radius 2 is 2.12 bits per heavy atom. The summed E-state index contributed by atoms with van der Waals surface area (Å²) >= 11 is 0. The van der Waals surface area contributed by atoms with Crippen molar-refractivity contribution < 1.29 is 4.79 Å². The Morgan fingerprint density at radius 1 is 1.25 bits per heavy atom.